The van der Waals surface area contributed by atoms with E-state index in [-0.39, 0.29) is 11.3 Å². The molecule has 0 saturated heterocycles. The van der Waals surface area contributed by atoms with E-state index in [9.17, 15) is 14.4 Å². The summed E-state index contributed by atoms with van der Waals surface area (Å²) in [4.78, 5) is 36.4. The molecule has 0 radical (unpaired) electrons. The molecule has 1 N–H and O–H groups in total. The fourth-order valence-corrected chi connectivity index (χ4v) is 2.14. The van der Waals surface area contributed by atoms with Crippen LogP contribution >= 0.6 is 0 Å². The summed E-state index contributed by atoms with van der Waals surface area (Å²) in [5.41, 5.74) is 0.288. The lowest BCUT2D eigenvalue weighted by atomic mass is 10.00. The van der Waals surface area contributed by atoms with Crippen LogP contribution in [0.25, 0.3) is 0 Å². The van der Waals surface area contributed by atoms with Crippen LogP contribution in [0.1, 0.15) is 23.7 Å². The second-order valence-electron chi connectivity index (χ2n) is 4.72. The molecule has 0 aromatic heterocycles. The van der Waals surface area contributed by atoms with Gasteiger partial charge in [0.15, 0.2) is 6.10 Å². The van der Waals surface area contributed by atoms with Crippen LogP contribution in [0.2, 0.25) is 0 Å². The van der Waals surface area contributed by atoms with Crippen LogP contribution in [0.5, 0.6) is 0 Å². The number of rotatable bonds is 6. The second-order valence-corrected chi connectivity index (χ2v) is 4.72. The zero-order chi connectivity index (χ0) is 16.1. The molecule has 0 bridgehead atoms. The van der Waals surface area contributed by atoms with E-state index in [0.717, 1.165) is 6.42 Å². The lowest BCUT2D eigenvalue weighted by molar-refractivity contribution is -0.139. The predicted molar refractivity (Wildman–Crippen MR) is 78.0 cm³/mol. The summed E-state index contributed by atoms with van der Waals surface area (Å²) in [6.07, 6.45) is -0.524. The molecular weight excluding hydrogens is 286 g/mol. The number of ether oxygens (including phenoxy) is 2. The number of hydrogen-bond acceptors (Lipinski definition) is 6. The van der Waals surface area contributed by atoms with Gasteiger partial charge in [0.1, 0.15) is 11.3 Å². The van der Waals surface area contributed by atoms with Gasteiger partial charge < -0.3 is 14.8 Å². The van der Waals surface area contributed by atoms with E-state index in [1.807, 2.05) is 6.92 Å². The first-order valence-corrected chi connectivity index (χ1v) is 6.96. The molecule has 116 valence electrons. The molecule has 1 aliphatic heterocycles. The summed E-state index contributed by atoms with van der Waals surface area (Å²) in [5, 5.41) is 2.83. The molecule has 1 atom stereocenters. The maximum Gasteiger partial charge on any atom is 0.356 e. The number of benzene rings is 1. The molecular formula is C16H17NO5. The van der Waals surface area contributed by atoms with Gasteiger partial charge in [-0.3, -0.25) is 4.79 Å². The van der Waals surface area contributed by atoms with Gasteiger partial charge in [-0.15, -0.1) is 0 Å². The maximum absolute atomic E-state index is 12.5. The van der Waals surface area contributed by atoms with Crippen molar-refractivity contribution >= 4 is 17.7 Å². The summed E-state index contributed by atoms with van der Waals surface area (Å²) < 4.78 is 9.78. The molecule has 0 spiro atoms. The highest BCUT2D eigenvalue weighted by molar-refractivity contribution is 6.14. The SMILES string of the molecule is CCCNC1=C(C(=O)OC)C(C(=O)c2ccccc2)OC1=O. The molecule has 6 heteroatoms. The van der Waals surface area contributed by atoms with Gasteiger partial charge in [0.05, 0.1) is 7.11 Å². The van der Waals surface area contributed by atoms with E-state index in [0.29, 0.717) is 12.1 Å². The molecule has 1 aliphatic rings. The van der Waals surface area contributed by atoms with Gasteiger partial charge in [-0.1, -0.05) is 37.3 Å². The van der Waals surface area contributed by atoms with Gasteiger partial charge in [-0.2, -0.15) is 0 Å². The maximum atomic E-state index is 12.5. The van der Waals surface area contributed by atoms with Crippen molar-refractivity contribution in [1.29, 1.82) is 0 Å². The van der Waals surface area contributed by atoms with Crippen LogP contribution in [0.4, 0.5) is 0 Å². The van der Waals surface area contributed by atoms with Crippen molar-refractivity contribution in [3.8, 4) is 0 Å². The Kier molecular flexibility index (Phi) is 4.93. The van der Waals surface area contributed by atoms with Crippen LogP contribution in [-0.4, -0.2) is 37.5 Å². The third kappa shape index (κ3) is 3.00. The van der Waals surface area contributed by atoms with E-state index >= 15 is 0 Å². The molecule has 1 heterocycles. The van der Waals surface area contributed by atoms with Crippen molar-refractivity contribution in [2.45, 2.75) is 19.4 Å². The van der Waals surface area contributed by atoms with Gasteiger partial charge in [-0.25, -0.2) is 9.59 Å². The van der Waals surface area contributed by atoms with Gasteiger partial charge in [0.2, 0.25) is 5.78 Å². The Balaban J connectivity index is 2.38. The largest absolute Gasteiger partial charge is 0.465 e. The molecule has 0 fully saturated rings. The third-order valence-electron chi connectivity index (χ3n) is 3.21. The highest BCUT2D eigenvalue weighted by Gasteiger charge is 2.43. The number of esters is 2. The van der Waals surface area contributed by atoms with Gasteiger partial charge >= 0.3 is 11.9 Å². The first kappa shape index (κ1) is 15.8. The topological polar surface area (TPSA) is 81.7 Å². The standard InChI is InChI=1S/C16H17NO5/c1-3-9-17-12-11(15(19)21-2)14(22-16(12)20)13(18)10-7-5-4-6-8-10/h4-8,14,17H,3,9H2,1-2H3. The summed E-state index contributed by atoms with van der Waals surface area (Å²) in [7, 11) is 1.19. The molecule has 1 unspecified atom stereocenters. The number of carbonyl (C=O) groups is 3. The van der Waals surface area contributed by atoms with Crippen LogP contribution in [0, 0.1) is 0 Å². The fraction of sp³-hybridized carbons (Fsp3) is 0.312. The summed E-state index contributed by atoms with van der Waals surface area (Å²) in [6.45, 7) is 2.40. The van der Waals surface area contributed by atoms with Gasteiger partial charge in [0.25, 0.3) is 0 Å². The normalized spacial score (nSPS) is 17.2. The minimum absolute atomic E-state index is 0.00276. The van der Waals surface area contributed by atoms with Crippen LogP contribution in [-0.2, 0) is 19.1 Å². The Labute approximate surface area is 128 Å². The van der Waals surface area contributed by atoms with Crippen LogP contribution in [0.15, 0.2) is 41.6 Å². The average Bonchev–Trinajstić information content (AvgIpc) is 2.88. The Morgan fingerprint density at radius 2 is 1.95 bits per heavy atom. The Hall–Kier alpha value is -2.63. The van der Waals surface area contributed by atoms with Gasteiger partial charge in [0, 0.05) is 12.1 Å². The van der Waals surface area contributed by atoms with E-state index in [4.69, 9.17) is 4.74 Å². The highest BCUT2D eigenvalue weighted by atomic mass is 16.6. The molecule has 6 nitrogen and oxygen atoms in total. The van der Waals surface area contributed by atoms with E-state index in [1.165, 1.54) is 7.11 Å². The van der Waals surface area contributed by atoms with Crippen molar-refractivity contribution in [2.75, 3.05) is 13.7 Å². The number of cyclic esters (lactones) is 1. The van der Waals surface area contributed by atoms with E-state index in [1.54, 1.807) is 30.3 Å². The molecule has 2 rings (SSSR count). The monoisotopic (exact) mass is 303 g/mol. The summed E-state index contributed by atoms with van der Waals surface area (Å²) >= 11 is 0. The van der Waals surface area contributed by atoms with Crippen molar-refractivity contribution in [3.63, 3.8) is 0 Å². The number of hydrogen-bond donors (Lipinski definition) is 1. The van der Waals surface area contributed by atoms with E-state index in [2.05, 4.69) is 10.1 Å². The van der Waals surface area contributed by atoms with E-state index < -0.39 is 23.8 Å². The Morgan fingerprint density at radius 1 is 1.27 bits per heavy atom. The number of carbonyl (C=O) groups excluding carboxylic acids is 3. The predicted octanol–water partition coefficient (Wildman–Crippen LogP) is 1.22. The van der Waals surface area contributed by atoms with Gasteiger partial charge in [-0.05, 0) is 6.42 Å². The lowest BCUT2D eigenvalue weighted by Gasteiger charge is -2.11. The van der Waals surface area contributed by atoms with Crippen molar-refractivity contribution in [2.24, 2.45) is 0 Å². The van der Waals surface area contributed by atoms with Crippen molar-refractivity contribution in [3.05, 3.63) is 47.2 Å². The average molecular weight is 303 g/mol. The summed E-state index contributed by atoms with van der Waals surface area (Å²) in [5.74, 6) is -1.93. The molecule has 1 aromatic carbocycles. The van der Waals surface area contributed by atoms with Crippen LogP contribution in [0.3, 0.4) is 0 Å². The third-order valence-corrected chi connectivity index (χ3v) is 3.21. The van der Waals surface area contributed by atoms with Crippen LogP contribution < -0.4 is 5.32 Å². The van der Waals surface area contributed by atoms with Crippen molar-refractivity contribution < 1.29 is 23.9 Å². The Bertz CT molecular complexity index is 621. The molecule has 0 amide bonds. The molecule has 0 saturated carbocycles. The molecule has 22 heavy (non-hydrogen) atoms. The highest BCUT2D eigenvalue weighted by Crippen LogP contribution is 2.25. The minimum Gasteiger partial charge on any atom is -0.465 e. The van der Waals surface area contributed by atoms with Crippen molar-refractivity contribution in [1.82, 2.24) is 5.32 Å². The number of methoxy groups -OCH3 is 1. The number of Topliss-reactive ketones (excluding diaryl/α,β-unsaturated/α-hetero) is 1. The zero-order valence-electron chi connectivity index (χ0n) is 12.4. The first-order valence-electron chi connectivity index (χ1n) is 6.96. The second kappa shape index (κ2) is 6.89. The number of nitrogens with one attached hydrogen (secondary N) is 1. The molecule has 1 aromatic rings. The number of ketones is 1. The fourth-order valence-electron chi connectivity index (χ4n) is 2.14. The summed E-state index contributed by atoms with van der Waals surface area (Å²) in [6, 6.07) is 8.36. The quantitative estimate of drug-likeness (QED) is 0.628. The smallest absolute Gasteiger partial charge is 0.356 e. The first-order chi connectivity index (χ1) is 10.6. The minimum atomic E-state index is -1.28. The Morgan fingerprint density at radius 3 is 2.55 bits per heavy atom. The molecule has 0 aliphatic carbocycles. The lowest BCUT2D eigenvalue weighted by Crippen LogP contribution is -2.28. The zero-order valence-corrected chi connectivity index (χ0v) is 12.4.